The van der Waals surface area contributed by atoms with Crippen LogP contribution >= 0.6 is 0 Å². The minimum atomic E-state index is -1.05. The van der Waals surface area contributed by atoms with Gasteiger partial charge in [0.15, 0.2) is 0 Å². The summed E-state index contributed by atoms with van der Waals surface area (Å²) in [4.78, 5) is 23.0. The van der Waals surface area contributed by atoms with Crippen LogP contribution in [0, 0.1) is 23.7 Å². The van der Waals surface area contributed by atoms with Crippen molar-refractivity contribution in [2.75, 3.05) is 7.11 Å². The van der Waals surface area contributed by atoms with Crippen molar-refractivity contribution in [3.05, 3.63) is 47.3 Å². The van der Waals surface area contributed by atoms with Gasteiger partial charge in [0, 0.05) is 5.92 Å². The molecule has 3 aliphatic rings. The van der Waals surface area contributed by atoms with E-state index >= 15 is 0 Å². The minimum absolute atomic E-state index is 0.0580. The summed E-state index contributed by atoms with van der Waals surface area (Å²) in [5.74, 6) is -2.91. The van der Waals surface area contributed by atoms with Crippen molar-refractivity contribution in [2.45, 2.75) is 12.8 Å². The van der Waals surface area contributed by atoms with Crippen LogP contribution in [0.5, 0.6) is 0 Å². The van der Waals surface area contributed by atoms with Crippen molar-refractivity contribution in [1.82, 2.24) is 0 Å². The molecular weight excluding hydrogens is 284 g/mol. The van der Waals surface area contributed by atoms with Gasteiger partial charge in [-0.05, 0) is 36.5 Å². The second-order valence-corrected chi connectivity index (χ2v) is 5.91. The SMILES string of the molecule is COC1=CC2=CC=C3C(CCC(C(=O)O)C3C(=O)O)C2C=C1. The van der Waals surface area contributed by atoms with Crippen molar-refractivity contribution < 1.29 is 24.5 Å². The van der Waals surface area contributed by atoms with Gasteiger partial charge in [0.25, 0.3) is 0 Å². The van der Waals surface area contributed by atoms with E-state index in [9.17, 15) is 19.8 Å². The fourth-order valence-electron chi connectivity index (χ4n) is 3.81. The summed E-state index contributed by atoms with van der Waals surface area (Å²) in [6.45, 7) is 0. The monoisotopic (exact) mass is 302 g/mol. The van der Waals surface area contributed by atoms with E-state index in [0.717, 1.165) is 16.9 Å². The van der Waals surface area contributed by atoms with E-state index in [1.54, 1.807) is 13.2 Å². The molecule has 5 heteroatoms. The molecule has 0 saturated heterocycles. The van der Waals surface area contributed by atoms with Crippen molar-refractivity contribution >= 4 is 11.9 Å². The number of hydrogen-bond donors (Lipinski definition) is 2. The predicted molar refractivity (Wildman–Crippen MR) is 78.9 cm³/mol. The Balaban J connectivity index is 2.00. The first kappa shape index (κ1) is 14.6. The molecule has 0 radical (unpaired) electrons. The minimum Gasteiger partial charge on any atom is -0.497 e. The van der Waals surface area contributed by atoms with Crippen molar-refractivity contribution in [2.24, 2.45) is 23.7 Å². The summed E-state index contributed by atoms with van der Waals surface area (Å²) in [5.41, 5.74) is 1.82. The maximum absolute atomic E-state index is 11.6. The van der Waals surface area contributed by atoms with E-state index in [1.807, 2.05) is 24.3 Å². The fraction of sp³-hybridized carbons (Fsp3) is 0.412. The molecule has 0 aromatic heterocycles. The number of fused-ring (bicyclic) bond motifs is 3. The molecule has 22 heavy (non-hydrogen) atoms. The molecule has 0 aromatic carbocycles. The lowest BCUT2D eigenvalue weighted by molar-refractivity contribution is -0.154. The number of allylic oxidation sites excluding steroid dienone is 6. The third-order valence-electron chi connectivity index (χ3n) is 4.86. The number of rotatable bonds is 3. The number of aliphatic carboxylic acids is 2. The van der Waals surface area contributed by atoms with E-state index in [2.05, 4.69) is 0 Å². The van der Waals surface area contributed by atoms with Gasteiger partial charge in [-0.25, -0.2) is 0 Å². The Morgan fingerprint density at radius 1 is 1.18 bits per heavy atom. The summed E-state index contributed by atoms with van der Waals surface area (Å²) in [6.07, 6.45) is 10.7. The summed E-state index contributed by atoms with van der Waals surface area (Å²) in [7, 11) is 1.61. The van der Waals surface area contributed by atoms with E-state index in [0.29, 0.717) is 12.8 Å². The molecule has 116 valence electrons. The Morgan fingerprint density at radius 3 is 2.59 bits per heavy atom. The zero-order valence-electron chi connectivity index (χ0n) is 12.2. The van der Waals surface area contributed by atoms with Crippen LogP contribution in [0.1, 0.15) is 12.8 Å². The summed E-state index contributed by atoms with van der Waals surface area (Å²) >= 11 is 0. The van der Waals surface area contributed by atoms with Gasteiger partial charge in [-0.15, -0.1) is 0 Å². The highest BCUT2D eigenvalue weighted by atomic mass is 16.5. The van der Waals surface area contributed by atoms with Crippen LogP contribution in [0.15, 0.2) is 47.3 Å². The molecule has 3 aliphatic carbocycles. The number of hydrogen-bond acceptors (Lipinski definition) is 3. The van der Waals surface area contributed by atoms with E-state index in [1.165, 1.54) is 0 Å². The Morgan fingerprint density at radius 2 is 1.95 bits per heavy atom. The standard InChI is InChI=1S/C17H18O5/c1-22-10-3-5-11-9(8-10)2-4-13-12(11)6-7-14(16(18)19)15(13)17(20)21/h2-5,8,11-12,14-15H,6-7H2,1H3,(H,18,19)(H,20,21). The summed E-state index contributed by atoms with van der Waals surface area (Å²) in [5, 5.41) is 18.8. The third kappa shape index (κ3) is 2.26. The second-order valence-electron chi connectivity index (χ2n) is 5.91. The van der Waals surface area contributed by atoms with Gasteiger partial charge in [-0.3, -0.25) is 9.59 Å². The topological polar surface area (TPSA) is 83.8 Å². The van der Waals surface area contributed by atoms with Crippen LogP contribution in [0.3, 0.4) is 0 Å². The highest BCUT2D eigenvalue weighted by Gasteiger charge is 2.46. The molecule has 5 nitrogen and oxygen atoms in total. The molecule has 0 bridgehead atoms. The molecule has 2 N–H and O–H groups in total. The maximum atomic E-state index is 11.6. The molecule has 0 aliphatic heterocycles. The average Bonchev–Trinajstić information content (AvgIpc) is 2.52. The number of carbonyl (C=O) groups is 2. The molecule has 1 fully saturated rings. The van der Waals surface area contributed by atoms with Crippen LogP contribution in [-0.4, -0.2) is 29.3 Å². The number of carboxylic acids is 2. The molecule has 4 atom stereocenters. The van der Waals surface area contributed by atoms with Crippen molar-refractivity contribution in [3.63, 3.8) is 0 Å². The maximum Gasteiger partial charge on any atom is 0.311 e. The highest BCUT2D eigenvalue weighted by molar-refractivity contribution is 5.83. The zero-order chi connectivity index (χ0) is 15.9. The van der Waals surface area contributed by atoms with Crippen LogP contribution in [0.2, 0.25) is 0 Å². The lowest BCUT2D eigenvalue weighted by atomic mass is 9.62. The lowest BCUT2D eigenvalue weighted by Gasteiger charge is -2.40. The first-order valence-electron chi connectivity index (χ1n) is 7.34. The zero-order valence-corrected chi connectivity index (χ0v) is 12.2. The van der Waals surface area contributed by atoms with Gasteiger partial charge < -0.3 is 14.9 Å². The third-order valence-corrected chi connectivity index (χ3v) is 4.86. The van der Waals surface area contributed by atoms with Gasteiger partial charge >= 0.3 is 11.9 Å². The number of methoxy groups -OCH3 is 1. The molecule has 0 amide bonds. The van der Waals surface area contributed by atoms with Gasteiger partial charge in [-0.1, -0.05) is 23.8 Å². The van der Waals surface area contributed by atoms with Crippen LogP contribution in [-0.2, 0) is 14.3 Å². The highest BCUT2D eigenvalue weighted by Crippen LogP contribution is 2.48. The molecule has 0 spiro atoms. The summed E-state index contributed by atoms with van der Waals surface area (Å²) < 4.78 is 5.22. The number of carboxylic acid groups (broad SMARTS) is 2. The van der Waals surface area contributed by atoms with Crippen molar-refractivity contribution in [3.8, 4) is 0 Å². The average molecular weight is 302 g/mol. The molecule has 1 saturated carbocycles. The Kier molecular flexibility index (Phi) is 3.64. The smallest absolute Gasteiger partial charge is 0.311 e. The van der Waals surface area contributed by atoms with Gasteiger partial charge in [-0.2, -0.15) is 0 Å². The quantitative estimate of drug-likeness (QED) is 0.836. The normalized spacial score (nSPS) is 32.9. The number of ether oxygens (including phenoxy) is 1. The lowest BCUT2D eigenvalue weighted by Crippen LogP contribution is -2.40. The molecular formula is C17H18O5. The van der Waals surface area contributed by atoms with Crippen LogP contribution < -0.4 is 0 Å². The van der Waals surface area contributed by atoms with Crippen LogP contribution in [0.25, 0.3) is 0 Å². The van der Waals surface area contributed by atoms with E-state index < -0.39 is 23.8 Å². The van der Waals surface area contributed by atoms with E-state index in [-0.39, 0.29) is 11.8 Å². The van der Waals surface area contributed by atoms with E-state index in [4.69, 9.17) is 4.74 Å². The van der Waals surface area contributed by atoms with Gasteiger partial charge in [0.2, 0.25) is 0 Å². The largest absolute Gasteiger partial charge is 0.497 e. The van der Waals surface area contributed by atoms with Crippen LogP contribution in [0.4, 0.5) is 0 Å². The Bertz CT molecular complexity index is 637. The second kappa shape index (κ2) is 5.48. The summed E-state index contributed by atoms with van der Waals surface area (Å²) in [6, 6.07) is 0. The molecule has 3 rings (SSSR count). The van der Waals surface area contributed by atoms with Gasteiger partial charge in [0.1, 0.15) is 5.76 Å². The first-order chi connectivity index (χ1) is 10.5. The molecule has 0 aromatic rings. The Hall–Kier alpha value is -2.30. The first-order valence-corrected chi connectivity index (χ1v) is 7.34. The molecule has 4 unspecified atom stereocenters. The van der Waals surface area contributed by atoms with Gasteiger partial charge in [0.05, 0.1) is 18.9 Å². The van der Waals surface area contributed by atoms with Crippen molar-refractivity contribution in [1.29, 1.82) is 0 Å². The predicted octanol–water partition coefficient (Wildman–Crippen LogP) is 2.38. The fourth-order valence-corrected chi connectivity index (χ4v) is 3.81. The Labute approximate surface area is 128 Å². The molecule has 0 heterocycles.